The molecule has 2 aromatic heterocycles. The Morgan fingerprint density at radius 1 is 1.44 bits per heavy atom. The van der Waals surface area contributed by atoms with Crippen molar-refractivity contribution in [3.63, 3.8) is 0 Å². The molecule has 0 bridgehead atoms. The third kappa shape index (κ3) is 1.94. The maximum atomic E-state index is 12.1. The van der Waals surface area contributed by atoms with Crippen LogP contribution in [-0.2, 0) is 31.2 Å². The van der Waals surface area contributed by atoms with Crippen molar-refractivity contribution in [2.24, 2.45) is 7.05 Å². The zero-order valence-electron chi connectivity index (χ0n) is 10.4. The van der Waals surface area contributed by atoms with E-state index in [1.165, 1.54) is 11.3 Å². The second-order valence-corrected chi connectivity index (χ2v) is 4.72. The minimum atomic E-state index is 0.138. The van der Waals surface area contributed by atoms with E-state index in [1.54, 1.807) is 6.26 Å². The quantitative estimate of drug-likeness (QED) is 0.807. The zero-order valence-corrected chi connectivity index (χ0v) is 10.4. The Morgan fingerprint density at radius 2 is 2.33 bits per heavy atom. The SMILES string of the molecule is Cn1ccc2c1CCN(C(=O)Cc1ccco1)C2. The van der Waals surface area contributed by atoms with E-state index in [2.05, 4.69) is 23.9 Å². The molecule has 1 aliphatic rings. The summed E-state index contributed by atoms with van der Waals surface area (Å²) in [6, 6.07) is 5.76. The van der Waals surface area contributed by atoms with Crippen molar-refractivity contribution >= 4 is 5.91 Å². The molecular weight excluding hydrogens is 228 g/mol. The minimum absolute atomic E-state index is 0.138. The molecule has 0 fully saturated rings. The molecule has 1 amide bonds. The first-order valence-corrected chi connectivity index (χ1v) is 6.17. The van der Waals surface area contributed by atoms with Crippen LogP contribution in [0.1, 0.15) is 17.0 Å². The van der Waals surface area contributed by atoms with Gasteiger partial charge in [-0.2, -0.15) is 0 Å². The fourth-order valence-electron chi connectivity index (χ4n) is 2.51. The maximum Gasteiger partial charge on any atom is 0.230 e. The highest BCUT2D eigenvalue weighted by Gasteiger charge is 2.22. The predicted octanol–water partition coefficient (Wildman–Crippen LogP) is 1.75. The number of fused-ring (bicyclic) bond motifs is 1. The number of rotatable bonds is 2. The molecule has 4 nitrogen and oxygen atoms in total. The van der Waals surface area contributed by atoms with E-state index in [0.717, 1.165) is 25.3 Å². The van der Waals surface area contributed by atoms with Crippen LogP contribution in [0.3, 0.4) is 0 Å². The first kappa shape index (κ1) is 11.1. The number of hydrogen-bond acceptors (Lipinski definition) is 2. The van der Waals surface area contributed by atoms with Crippen molar-refractivity contribution in [2.75, 3.05) is 6.54 Å². The molecule has 0 aromatic carbocycles. The second-order valence-electron chi connectivity index (χ2n) is 4.72. The number of carbonyl (C=O) groups excluding carboxylic acids is 1. The highest BCUT2D eigenvalue weighted by Crippen LogP contribution is 2.20. The van der Waals surface area contributed by atoms with Gasteiger partial charge in [0.15, 0.2) is 0 Å². The molecule has 94 valence electrons. The van der Waals surface area contributed by atoms with Gasteiger partial charge in [0.05, 0.1) is 12.7 Å². The fourth-order valence-corrected chi connectivity index (χ4v) is 2.51. The first-order valence-electron chi connectivity index (χ1n) is 6.17. The van der Waals surface area contributed by atoms with Gasteiger partial charge >= 0.3 is 0 Å². The predicted molar refractivity (Wildman–Crippen MR) is 66.9 cm³/mol. The zero-order chi connectivity index (χ0) is 12.5. The molecule has 0 unspecified atom stereocenters. The molecule has 3 heterocycles. The number of amides is 1. The molecule has 1 aliphatic heterocycles. The molecule has 0 radical (unpaired) electrons. The van der Waals surface area contributed by atoms with Crippen LogP contribution in [0.2, 0.25) is 0 Å². The van der Waals surface area contributed by atoms with Crippen LogP contribution >= 0.6 is 0 Å². The lowest BCUT2D eigenvalue weighted by molar-refractivity contribution is -0.131. The highest BCUT2D eigenvalue weighted by atomic mass is 16.3. The molecule has 3 rings (SSSR count). The molecule has 0 N–H and O–H groups in total. The van der Waals surface area contributed by atoms with Crippen molar-refractivity contribution < 1.29 is 9.21 Å². The molecule has 0 atom stereocenters. The Balaban J connectivity index is 1.70. The Morgan fingerprint density at radius 3 is 3.11 bits per heavy atom. The van der Waals surface area contributed by atoms with Gasteiger partial charge in [0.1, 0.15) is 5.76 Å². The third-order valence-corrected chi connectivity index (χ3v) is 3.53. The van der Waals surface area contributed by atoms with Gasteiger partial charge in [-0.15, -0.1) is 0 Å². The third-order valence-electron chi connectivity index (χ3n) is 3.53. The molecule has 0 spiro atoms. The van der Waals surface area contributed by atoms with Gasteiger partial charge in [-0.25, -0.2) is 0 Å². The summed E-state index contributed by atoms with van der Waals surface area (Å²) in [6.45, 7) is 1.51. The lowest BCUT2D eigenvalue weighted by Gasteiger charge is -2.27. The Labute approximate surface area is 106 Å². The van der Waals surface area contributed by atoms with Crippen molar-refractivity contribution in [3.8, 4) is 0 Å². The van der Waals surface area contributed by atoms with Crippen LogP contribution in [0.15, 0.2) is 35.1 Å². The monoisotopic (exact) mass is 244 g/mol. The van der Waals surface area contributed by atoms with E-state index in [9.17, 15) is 4.79 Å². The number of aryl methyl sites for hydroxylation is 1. The average Bonchev–Trinajstić information content (AvgIpc) is 2.99. The number of furan rings is 1. The Bertz CT molecular complexity index is 554. The smallest absolute Gasteiger partial charge is 0.230 e. The molecule has 2 aromatic rings. The topological polar surface area (TPSA) is 38.4 Å². The van der Waals surface area contributed by atoms with E-state index in [4.69, 9.17) is 4.42 Å². The summed E-state index contributed by atoms with van der Waals surface area (Å²) >= 11 is 0. The van der Waals surface area contributed by atoms with Gasteiger partial charge in [0, 0.05) is 38.4 Å². The lowest BCUT2D eigenvalue weighted by atomic mass is 10.1. The van der Waals surface area contributed by atoms with E-state index >= 15 is 0 Å². The molecule has 18 heavy (non-hydrogen) atoms. The van der Waals surface area contributed by atoms with E-state index < -0.39 is 0 Å². The maximum absolute atomic E-state index is 12.1. The molecule has 4 heteroatoms. The van der Waals surface area contributed by atoms with Crippen LogP contribution in [-0.4, -0.2) is 21.9 Å². The Hall–Kier alpha value is -1.97. The van der Waals surface area contributed by atoms with Gasteiger partial charge in [0.2, 0.25) is 5.91 Å². The van der Waals surface area contributed by atoms with E-state index in [1.807, 2.05) is 17.0 Å². The van der Waals surface area contributed by atoms with Crippen molar-refractivity contribution in [3.05, 3.63) is 47.7 Å². The van der Waals surface area contributed by atoms with E-state index in [0.29, 0.717) is 6.42 Å². The van der Waals surface area contributed by atoms with Gasteiger partial charge < -0.3 is 13.9 Å². The van der Waals surface area contributed by atoms with Crippen LogP contribution in [0.4, 0.5) is 0 Å². The summed E-state index contributed by atoms with van der Waals surface area (Å²) in [6.07, 6.45) is 4.96. The number of carbonyl (C=O) groups is 1. The van der Waals surface area contributed by atoms with Gasteiger partial charge in [0.25, 0.3) is 0 Å². The molecule has 0 saturated carbocycles. The second kappa shape index (κ2) is 4.37. The Kier molecular flexibility index (Phi) is 2.70. The molecule has 0 aliphatic carbocycles. The van der Waals surface area contributed by atoms with Crippen molar-refractivity contribution in [1.29, 1.82) is 0 Å². The summed E-state index contributed by atoms with van der Waals surface area (Å²) in [7, 11) is 2.05. The fraction of sp³-hybridized carbons (Fsp3) is 0.357. The van der Waals surface area contributed by atoms with Crippen molar-refractivity contribution in [1.82, 2.24) is 9.47 Å². The minimum Gasteiger partial charge on any atom is -0.469 e. The standard InChI is InChI=1S/C14H16N2O2/c1-15-6-4-11-10-16(7-5-13(11)15)14(17)9-12-3-2-8-18-12/h2-4,6,8H,5,7,9-10H2,1H3. The van der Waals surface area contributed by atoms with Gasteiger partial charge in [-0.05, 0) is 23.8 Å². The first-order chi connectivity index (χ1) is 8.74. The highest BCUT2D eigenvalue weighted by molar-refractivity contribution is 5.78. The summed E-state index contributed by atoms with van der Waals surface area (Å²) < 4.78 is 7.36. The molecule has 0 saturated heterocycles. The normalized spacial score (nSPS) is 14.6. The number of nitrogens with zero attached hydrogens (tertiary/aromatic N) is 2. The summed E-state index contributed by atoms with van der Waals surface area (Å²) in [5.74, 6) is 0.873. The van der Waals surface area contributed by atoms with Gasteiger partial charge in [-0.3, -0.25) is 4.79 Å². The lowest BCUT2D eigenvalue weighted by Crippen LogP contribution is -2.37. The summed E-state index contributed by atoms with van der Waals surface area (Å²) in [5.41, 5.74) is 2.61. The van der Waals surface area contributed by atoms with Crippen LogP contribution < -0.4 is 0 Å². The summed E-state index contributed by atoms with van der Waals surface area (Å²) in [5, 5.41) is 0. The molecular formula is C14H16N2O2. The number of aromatic nitrogens is 1. The van der Waals surface area contributed by atoms with E-state index in [-0.39, 0.29) is 5.91 Å². The summed E-state index contributed by atoms with van der Waals surface area (Å²) in [4.78, 5) is 14.0. The van der Waals surface area contributed by atoms with Crippen LogP contribution in [0.25, 0.3) is 0 Å². The van der Waals surface area contributed by atoms with Gasteiger partial charge in [-0.1, -0.05) is 0 Å². The largest absolute Gasteiger partial charge is 0.469 e. The van der Waals surface area contributed by atoms with Crippen molar-refractivity contribution in [2.45, 2.75) is 19.4 Å². The van der Waals surface area contributed by atoms with Crippen LogP contribution in [0, 0.1) is 0 Å². The van der Waals surface area contributed by atoms with Crippen LogP contribution in [0.5, 0.6) is 0 Å². The average molecular weight is 244 g/mol. The number of hydrogen-bond donors (Lipinski definition) is 0.